The average molecular weight is 309 g/mol. The SMILES string of the molecule is O=C(OCC#CI)N1CCC(O)CC1. The number of piperidine rings is 1. The number of hydrogen-bond acceptors (Lipinski definition) is 3. The zero-order valence-electron chi connectivity index (χ0n) is 7.70. The van der Waals surface area contributed by atoms with Crippen LogP contribution in [0, 0.1) is 9.85 Å². The van der Waals surface area contributed by atoms with Crippen LogP contribution in [0.4, 0.5) is 4.79 Å². The van der Waals surface area contributed by atoms with Gasteiger partial charge in [-0.1, -0.05) is 5.92 Å². The van der Waals surface area contributed by atoms with Gasteiger partial charge in [-0.3, -0.25) is 0 Å². The summed E-state index contributed by atoms with van der Waals surface area (Å²) in [5.74, 6) is 2.64. The van der Waals surface area contributed by atoms with Gasteiger partial charge in [0.05, 0.1) is 6.10 Å². The van der Waals surface area contributed by atoms with Gasteiger partial charge in [-0.15, -0.1) is 0 Å². The largest absolute Gasteiger partial charge is 0.436 e. The van der Waals surface area contributed by atoms with E-state index < -0.39 is 0 Å². The number of aliphatic hydroxyl groups excluding tert-OH is 1. The summed E-state index contributed by atoms with van der Waals surface area (Å²) in [5, 5.41) is 9.22. The number of carbonyl (C=O) groups excluding carboxylic acids is 1. The Kier molecular flexibility index (Phi) is 5.04. The number of halogens is 1. The normalized spacial score (nSPS) is 17.1. The maximum Gasteiger partial charge on any atom is 0.410 e. The summed E-state index contributed by atoms with van der Waals surface area (Å²) in [6.45, 7) is 1.27. The Labute approximate surface area is 96.7 Å². The van der Waals surface area contributed by atoms with E-state index in [1.165, 1.54) is 0 Å². The van der Waals surface area contributed by atoms with Crippen LogP contribution in [0.1, 0.15) is 12.8 Å². The molecule has 1 amide bonds. The lowest BCUT2D eigenvalue weighted by Crippen LogP contribution is -2.40. The molecule has 1 heterocycles. The molecular weight excluding hydrogens is 297 g/mol. The topological polar surface area (TPSA) is 49.8 Å². The van der Waals surface area contributed by atoms with Crippen molar-refractivity contribution in [3.8, 4) is 9.85 Å². The first-order chi connectivity index (χ1) is 6.74. The van der Waals surface area contributed by atoms with Crippen molar-refractivity contribution >= 4 is 28.7 Å². The molecule has 1 fully saturated rings. The summed E-state index contributed by atoms with van der Waals surface area (Å²) in [5.41, 5.74) is 0. The molecule has 1 rings (SSSR count). The highest BCUT2D eigenvalue weighted by Crippen LogP contribution is 2.10. The van der Waals surface area contributed by atoms with Gasteiger partial charge in [0.2, 0.25) is 0 Å². The molecular formula is C9H12INO3. The molecule has 0 aromatic rings. The third-order valence-electron chi connectivity index (χ3n) is 2.06. The lowest BCUT2D eigenvalue weighted by atomic mass is 10.1. The van der Waals surface area contributed by atoms with Crippen molar-refractivity contribution in [1.29, 1.82) is 0 Å². The number of carbonyl (C=O) groups is 1. The monoisotopic (exact) mass is 309 g/mol. The molecule has 0 saturated carbocycles. The molecule has 0 aromatic carbocycles. The summed E-state index contributed by atoms with van der Waals surface area (Å²) in [4.78, 5) is 12.9. The van der Waals surface area contributed by atoms with Gasteiger partial charge in [-0.25, -0.2) is 4.79 Å². The molecule has 0 unspecified atom stereocenters. The molecule has 5 heteroatoms. The first kappa shape index (κ1) is 11.6. The molecule has 0 radical (unpaired) electrons. The summed E-state index contributed by atoms with van der Waals surface area (Å²) in [7, 11) is 0. The van der Waals surface area contributed by atoms with Crippen molar-refractivity contribution in [3.63, 3.8) is 0 Å². The van der Waals surface area contributed by atoms with Crippen LogP contribution in [0.15, 0.2) is 0 Å². The minimum Gasteiger partial charge on any atom is -0.436 e. The first-order valence-corrected chi connectivity index (χ1v) is 5.50. The fourth-order valence-electron chi connectivity index (χ4n) is 1.26. The van der Waals surface area contributed by atoms with Crippen LogP contribution < -0.4 is 0 Å². The van der Waals surface area contributed by atoms with E-state index in [2.05, 4.69) is 9.85 Å². The van der Waals surface area contributed by atoms with Gasteiger partial charge in [-0.2, -0.15) is 0 Å². The first-order valence-electron chi connectivity index (χ1n) is 4.42. The highest BCUT2D eigenvalue weighted by molar-refractivity contribution is 14.1. The predicted octanol–water partition coefficient (Wildman–Crippen LogP) is 0.976. The van der Waals surface area contributed by atoms with E-state index in [1.54, 1.807) is 4.90 Å². The van der Waals surface area contributed by atoms with Gasteiger partial charge in [0.25, 0.3) is 0 Å². The molecule has 4 nitrogen and oxygen atoms in total. The van der Waals surface area contributed by atoms with Crippen molar-refractivity contribution in [2.45, 2.75) is 18.9 Å². The zero-order chi connectivity index (χ0) is 10.4. The van der Waals surface area contributed by atoms with Crippen LogP contribution in [0.3, 0.4) is 0 Å². The van der Waals surface area contributed by atoms with E-state index in [1.807, 2.05) is 22.6 Å². The fraction of sp³-hybridized carbons (Fsp3) is 0.667. The smallest absolute Gasteiger partial charge is 0.410 e. The van der Waals surface area contributed by atoms with Crippen molar-refractivity contribution in [3.05, 3.63) is 0 Å². The van der Waals surface area contributed by atoms with Gasteiger partial charge in [0, 0.05) is 35.7 Å². The Hall–Kier alpha value is -0.480. The van der Waals surface area contributed by atoms with Crippen LogP contribution in [-0.2, 0) is 4.74 Å². The van der Waals surface area contributed by atoms with E-state index in [9.17, 15) is 9.90 Å². The Morgan fingerprint density at radius 1 is 1.57 bits per heavy atom. The van der Waals surface area contributed by atoms with Gasteiger partial charge in [0.1, 0.15) is 0 Å². The minimum atomic E-state index is -0.337. The molecule has 78 valence electrons. The molecule has 1 saturated heterocycles. The van der Waals surface area contributed by atoms with E-state index >= 15 is 0 Å². The molecule has 1 N–H and O–H groups in total. The third-order valence-corrected chi connectivity index (χ3v) is 2.44. The Morgan fingerprint density at radius 3 is 2.79 bits per heavy atom. The number of ether oxygens (including phenoxy) is 1. The lowest BCUT2D eigenvalue weighted by molar-refractivity contribution is 0.0645. The van der Waals surface area contributed by atoms with Gasteiger partial charge in [0.15, 0.2) is 6.61 Å². The van der Waals surface area contributed by atoms with Crippen LogP contribution in [0.25, 0.3) is 0 Å². The van der Waals surface area contributed by atoms with Crippen LogP contribution >= 0.6 is 22.6 Å². The van der Waals surface area contributed by atoms with Crippen molar-refractivity contribution < 1.29 is 14.6 Å². The van der Waals surface area contributed by atoms with Crippen LogP contribution in [0.2, 0.25) is 0 Å². The summed E-state index contributed by atoms with van der Waals surface area (Å²) < 4.78 is 7.50. The molecule has 0 spiro atoms. The van der Waals surface area contributed by atoms with Gasteiger partial charge in [-0.05, 0) is 16.8 Å². The van der Waals surface area contributed by atoms with Crippen LogP contribution in [-0.4, -0.2) is 41.9 Å². The number of nitrogens with zero attached hydrogens (tertiary/aromatic N) is 1. The zero-order valence-corrected chi connectivity index (χ0v) is 9.86. The maximum absolute atomic E-state index is 11.3. The van der Waals surface area contributed by atoms with Gasteiger partial charge >= 0.3 is 6.09 Å². The number of hydrogen-bond donors (Lipinski definition) is 1. The molecule has 0 aliphatic carbocycles. The number of amides is 1. The Bertz CT molecular complexity index is 251. The quantitative estimate of drug-likeness (QED) is 0.580. The third kappa shape index (κ3) is 3.72. The molecule has 0 aromatic heterocycles. The van der Waals surface area contributed by atoms with Crippen LogP contribution in [0.5, 0.6) is 0 Å². The summed E-state index contributed by atoms with van der Waals surface area (Å²) in [6.07, 6.45) is 0.657. The minimum absolute atomic E-state index is 0.140. The van der Waals surface area contributed by atoms with E-state index in [-0.39, 0.29) is 18.8 Å². The molecule has 1 aliphatic heterocycles. The van der Waals surface area contributed by atoms with E-state index in [0.717, 1.165) is 0 Å². The molecule has 1 aliphatic rings. The highest BCUT2D eigenvalue weighted by Gasteiger charge is 2.21. The average Bonchev–Trinajstić information content (AvgIpc) is 2.19. The van der Waals surface area contributed by atoms with E-state index in [0.29, 0.717) is 25.9 Å². The predicted molar refractivity (Wildman–Crippen MR) is 60.0 cm³/mol. The Balaban J connectivity index is 2.26. The molecule has 14 heavy (non-hydrogen) atoms. The second kappa shape index (κ2) is 6.09. The van der Waals surface area contributed by atoms with Crippen molar-refractivity contribution in [2.24, 2.45) is 0 Å². The van der Waals surface area contributed by atoms with Crippen molar-refractivity contribution in [2.75, 3.05) is 19.7 Å². The number of aliphatic hydroxyl groups is 1. The molecule has 0 bridgehead atoms. The second-order valence-electron chi connectivity index (χ2n) is 3.04. The second-order valence-corrected chi connectivity index (χ2v) is 3.58. The highest BCUT2D eigenvalue weighted by atomic mass is 127. The summed E-state index contributed by atoms with van der Waals surface area (Å²) in [6, 6.07) is 0. The van der Waals surface area contributed by atoms with Gasteiger partial charge < -0.3 is 14.7 Å². The molecule has 0 atom stereocenters. The standard InChI is InChI=1S/C9H12INO3/c10-4-1-7-14-9(13)11-5-2-8(12)3-6-11/h8,12H,2-3,5-7H2. The van der Waals surface area contributed by atoms with Crippen molar-refractivity contribution in [1.82, 2.24) is 4.90 Å². The maximum atomic E-state index is 11.3. The van der Waals surface area contributed by atoms with E-state index in [4.69, 9.17) is 4.74 Å². The number of likely N-dealkylation sites (tertiary alicyclic amines) is 1. The number of rotatable bonds is 1. The lowest BCUT2D eigenvalue weighted by Gasteiger charge is -2.28. The summed E-state index contributed by atoms with van der Waals surface area (Å²) >= 11 is 1.89. The fourth-order valence-corrected chi connectivity index (χ4v) is 1.42. The Morgan fingerprint density at radius 2 is 2.21 bits per heavy atom.